The van der Waals surface area contributed by atoms with E-state index >= 15 is 0 Å². The summed E-state index contributed by atoms with van der Waals surface area (Å²) in [6.07, 6.45) is 5.68. The van der Waals surface area contributed by atoms with E-state index in [0.29, 0.717) is 0 Å². The largest absolute Gasteiger partial charge is 0.479 e. The van der Waals surface area contributed by atoms with Crippen LogP contribution >= 0.6 is 0 Å². The molecule has 0 spiro atoms. The maximum Gasteiger partial charge on any atom is 0.251 e. The first kappa shape index (κ1) is 8.47. The van der Waals surface area contributed by atoms with Crippen molar-refractivity contribution in [3.05, 3.63) is 23.4 Å². The Morgan fingerprint density at radius 2 is 2.25 bits per heavy atom. The van der Waals surface area contributed by atoms with Gasteiger partial charge in [0.1, 0.15) is 5.56 Å². The third-order valence-electron chi connectivity index (χ3n) is 1.28. The fourth-order valence-electron chi connectivity index (χ4n) is 0.723. The summed E-state index contributed by atoms with van der Waals surface area (Å²) >= 11 is 0. The van der Waals surface area contributed by atoms with E-state index in [-0.39, 0.29) is 5.88 Å². The number of ether oxygens (including phenoxy) is 1. The molecule has 0 aromatic carbocycles. The first-order valence-corrected chi connectivity index (χ1v) is 3.05. The van der Waals surface area contributed by atoms with E-state index in [1.807, 2.05) is 5.92 Å². The molecule has 0 atom stereocenters. The van der Waals surface area contributed by atoms with Crippen molar-refractivity contribution in [1.82, 2.24) is 4.98 Å². The van der Waals surface area contributed by atoms with Gasteiger partial charge < -0.3 is 4.74 Å². The predicted molar refractivity (Wildman–Crippen MR) is 38.6 cm³/mol. The fourth-order valence-corrected chi connectivity index (χ4v) is 0.723. The summed E-state index contributed by atoms with van der Waals surface area (Å²) < 4.78 is 30.1. The van der Waals surface area contributed by atoms with Gasteiger partial charge in [-0.15, -0.1) is 6.42 Å². The topological polar surface area (TPSA) is 22.1 Å². The Kier molecular flexibility index (Phi) is 2.24. The summed E-state index contributed by atoms with van der Waals surface area (Å²) in [4.78, 5) is 3.34. The third-order valence-corrected chi connectivity index (χ3v) is 1.28. The molecule has 0 N–H and O–H groups in total. The summed E-state index contributed by atoms with van der Waals surface area (Å²) in [5.41, 5.74) is -0.457. The number of rotatable bonds is 1. The lowest BCUT2D eigenvalue weighted by atomic mass is 10.2. The smallest absolute Gasteiger partial charge is 0.251 e. The van der Waals surface area contributed by atoms with Gasteiger partial charge in [-0.2, -0.15) is 4.39 Å². The van der Waals surface area contributed by atoms with Crippen LogP contribution in [-0.2, 0) is 0 Å². The van der Waals surface area contributed by atoms with Gasteiger partial charge in [-0.1, -0.05) is 5.92 Å². The maximum absolute atomic E-state index is 13.0. The first-order chi connectivity index (χ1) is 5.70. The van der Waals surface area contributed by atoms with Gasteiger partial charge in [0.25, 0.3) is 5.88 Å². The number of hydrogen-bond donors (Lipinski definition) is 0. The van der Waals surface area contributed by atoms with Crippen LogP contribution in [0.3, 0.4) is 0 Å². The Balaban J connectivity index is 3.36. The SMILES string of the molecule is C#Cc1c(F)cnc(OC)c1F. The van der Waals surface area contributed by atoms with Crippen molar-refractivity contribution in [2.75, 3.05) is 7.11 Å². The van der Waals surface area contributed by atoms with Crippen molar-refractivity contribution >= 4 is 0 Å². The number of pyridine rings is 1. The Morgan fingerprint density at radius 3 is 2.75 bits per heavy atom. The van der Waals surface area contributed by atoms with E-state index in [0.717, 1.165) is 6.20 Å². The molecule has 1 aromatic rings. The second kappa shape index (κ2) is 3.18. The normalized spacial score (nSPS) is 9.17. The highest BCUT2D eigenvalue weighted by molar-refractivity contribution is 5.37. The van der Waals surface area contributed by atoms with Gasteiger partial charge in [-0.05, 0) is 0 Å². The molecule has 0 unspecified atom stereocenters. The molecule has 62 valence electrons. The molecule has 0 saturated heterocycles. The van der Waals surface area contributed by atoms with E-state index in [4.69, 9.17) is 6.42 Å². The highest BCUT2D eigenvalue weighted by Crippen LogP contribution is 2.18. The zero-order valence-electron chi connectivity index (χ0n) is 6.27. The van der Waals surface area contributed by atoms with Gasteiger partial charge in [0, 0.05) is 0 Å². The Labute approximate surface area is 68.2 Å². The highest BCUT2D eigenvalue weighted by atomic mass is 19.1. The minimum absolute atomic E-state index is 0.302. The summed E-state index contributed by atoms with van der Waals surface area (Å²) in [7, 11) is 1.23. The standard InChI is InChI=1S/C8H5F2NO/c1-3-5-6(9)4-11-8(12-2)7(5)10/h1,4H,2H3. The van der Waals surface area contributed by atoms with E-state index in [1.54, 1.807) is 0 Å². The van der Waals surface area contributed by atoms with Gasteiger partial charge in [0.2, 0.25) is 5.82 Å². The molecule has 12 heavy (non-hydrogen) atoms. The number of aromatic nitrogens is 1. The fraction of sp³-hybridized carbons (Fsp3) is 0.125. The first-order valence-electron chi connectivity index (χ1n) is 3.05. The number of halogens is 2. The van der Waals surface area contributed by atoms with Gasteiger partial charge in [-0.3, -0.25) is 0 Å². The molecule has 0 saturated carbocycles. The lowest BCUT2D eigenvalue weighted by molar-refractivity contribution is 0.365. The average molecular weight is 169 g/mol. The molecule has 0 aliphatic carbocycles. The molecule has 0 aliphatic rings. The third kappa shape index (κ3) is 1.21. The maximum atomic E-state index is 13.0. The summed E-state index contributed by atoms with van der Waals surface area (Å²) in [6.45, 7) is 0. The molecular weight excluding hydrogens is 164 g/mol. The van der Waals surface area contributed by atoms with Crippen LogP contribution in [0.5, 0.6) is 5.88 Å². The summed E-state index contributed by atoms with van der Waals surface area (Å²) in [5, 5.41) is 0. The molecule has 1 rings (SSSR count). The minimum Gasteiger partial charge on any atom is -0.479 e. The molecule has 0 amide bonds. The van der Waals surface area contributed by atoms with Crippen molar-refractivity contribution in [2.45, 2.75) is 0 Å². The van der Waals surface area contributed by atoms with Crippen molar-refractivity contribution in [3.63, 3.8) is 0 Å². The molecule has 0 aliphatic heterocycles. The molecule has 0 bridgehead atoms. The predicted octanol–water partition coefficient (Wildman–Crippen LogP) is 1.35. The molecule has 2 nitrogen and oxygen atoms in total. The van der Waals surface area contributed by atoms with Crippen LogP contribution in [-0.4, -0.2) is 12.1 Å². The Morgan fingerprint density at radius 1 is 1.58 bits per heavy atom. The zero-order chi connectivity index (χ0) is 9.14. The van der Waals surface area contributed by atoms with Crippen LogP contribution in [0.1, 0.15) is 5.56 Å². The van der Waals surface area contributed by atoms with Crippen molar-refractivity contribution in [3.8, 4) is 18.2 Å². The zero-order valence-corrected chi connectivity index (χ0v) is 6.27. The van der Waals surface area contributed by atoms with Gasteiger partial charge in [0.15, 0.2) is 5.82 Å². The molecule has 1 heterocycles. The Hall–Kier alpha value is -1.63. The highest BCUT2D eigenvalue weighted by Gasteiger charge is 2.12. The van der Waals surface area contributed by atoms with E-state index < -0.39 is 17.2 Å². The van der Waals surface area contributed by atoms with Crippen LogP contribution in [0, 0.1) is 24.0 Å². The quantitative estimate of drug-likeness (QED) is 0.592. The van der Waals surface area contributed by atoms with Crippen LogP contribution in [0.25, 0.3) is 0 Å². The van der Waals surface area contributed by atoms with Gasteiger partial charge >= 0.3 is 0 Å². The van der Waals surface area contributed by atoms with E-state index in [2.05, 4.69) is 9.72 Å². The minimum atomic E-state index is -0.944. The van der Waals surface area contributed by atoms with Gasteiger partial charge in [0.05, 0.1) is 13.3 Å². The molecule has 0 fully saturated rings. The van der Waals surface area contributed by atoms with E-state index in [9.17, 15) is 8.78 Å². The second-order valence-electron chi connectivity index (χ2n) is 1.95. The van der Waals surface area contributed by atoms with Crippen molar-refractivity contribution in [2.24, 2.45) is 0 Å². The molecule has 1 aromatic heterocycles. The summed E-state index contributed by atoms with van der Waals surface area (Å²) in [5.74, 6) is -0.243. The number of hydrogen-bond acceptors (Lipinski definition) is 2. The lowest BCUT2D eigenvalue weighted by Crippen LogP contribution is -1.97. The lowest BCUT2D eigenvalue weighted by Gasteiger charge is -2.01. The van der Waals surface area contributed by atoms with Crippen molar-refractivity contribution in [1.29, 1.82) is 0 Å². The van der Waals surface area contributed by atoms with Crippen LogP contribution in [0.2, 0.25) is 0 Å². The number of terminal acetylenes is 1. The summed E-state index contributed by atoms with van der Waals surface area (Å²) in [6, 6.07) is 0. The second-order valence-corrected chi connectivity index (χ2v) is 1.95. The van der Waals surface area contributed by atoms with Crippen LogP contribution in [0.4, 0.5) is 8.78 Å². The molecular formula is C8H5F2NO. The average Bonchev–Trinajstić information content (AvgIpc) is 2.06. The molecule has 0 radical (unpaired) electrons. The van der Waals surface area contributed by atoms with Crippen LogP contribution in [0.15, 0.2) is 6.20 Å². The monoisotopic (exact) mass is 169 g/mol. The number of methoxy groups -OCH3 is 1. The Bertz CT molecular complexity index is 344. The van der Waals surface area contributed by atoms with Gasteiger partial charge in [-0.25, -0.2) is 9.37 Å². The van der Waals surface area contributed by atoms with E-state index in [1.165, 1.54) is 7.11 Å². The van der Waals surface area contributed by atoms with Crippen molar-refractivity contribution < 1.29 is 13.5 Å². The molecule has 4 heteroatoms. The number of nitrogens with zero attached hydrogens (tertiary/aromatic N) is 1. The van der Waals surface area contributed by atoms with Crippen LogP contribution < -0.4 is 4.74 Å².